The van der Waals surface area contributed by atoms with Gasteiger partial charge >= 0.3 is 0 Å². The number of carbonyl (C=O) groups excluding carboxylic acids is 2. The fourth-order valence-electron chi connectivity index (χ4n) is 6.65. The molecule has 1 saturated carbocycles. The van der Waals surface area contributed by atoms with Crippen molar-refractivity contribution in [2.45, 2.75) is 104 Å². The Hall–Kier alpha value is -3.14. The lowest BCUT2D eigenvalue weighted by Gasteiger charge is -2.46. The minimum atomic E-state index is -0.658. The zero-order valence-electron chi connectivity index (χ0n) is 27.5. The van der Waals surface area contributed by atoms with Crippen molar-refractivity contribution in [1.82, 2.24) is 15.8 Å². The Morgan fingerprint density at radius 2 is 1.76 bits per heavy atom. The normalized spacial score (nSPS) is 21.0. The quantitative estimate of drug-likeness (QED) is 0.0591. The molecule has 0 bridgehead atoms. The molecule has 1 aliphatic heterocycles. The summed E-state index contributed by atoms with van der Waals surface area (Å²) in [7, 11) is 0. The molecule has 0 aromatic heterocycles. The van der Waals surface area contributed by atoms with Gasteiger partial charge in [0.1, 0.15) is 17.2 Å². The average molecular weight is 671 g/mol. The van der Waals surface area contributed by atoms with Crippen LogP contribution in [0.5, 0.6) is 0 Å². The molecule has 1 spiro atoms. The third-order valence-electron chi connectivity index (χ3n) is 9.12. The van der Waals surface area contributed by atoms with Gasteiger partial charge in [-0.25, -0.2) is 11.4 Å². The largest absolute Gasteiger partial charge is 0.384 e. The first-order valence-corrected chi connectivity index (χ1v) is 17.2. The monoisotopic (exact) mass is 669 g/mol. The van der Waals surface area contributed by atoms with Gasteiger partial charge in [-0.05, 0) is 85.8 Å². The number of unbranched alkanes of at least 4 members (excludes halogenated alkanes) is 2. The van der Waals surface area contributed by atoms with Crippen LogP contribution in [0.4, 0.5) is 0 Å². The number of nitrogens with two attached hydrogens (primary N) is 2. The van der Waals surface area contributed by atoms with Crippen LogP contribution in [0, 0.1) is 11.3 Å². The number of hydrogen-bond acceptors (Lipinski definition) is 6. The Bertz CT molecular complexity index is 1410. The number of hydrazine groups is 1. The Morgan fingerprint density at radius 1 is 1.11 bits per heavy atom. The highest BCUT2D eigenvalue weighted by molar-refractivity contribution is 6.47. The molecule has 2 aromatic carbocycles. The summed E-state index contributed by atoms with van der Waals surface area (Å²) in [5, 5.41) is 7.35. The minimum absolute atomic E-state index is 0.0506. The van der Waals surface area contributed by atoms with Gasteiger partial charge in [0.15, 0.2) is 0 Å². The lowest BCUT2D eigenvalue weighted by Crippen LogP contribution is -2.51. The molecular formula is C35H49Cl2N7O2. The number of amides is 2. The molecule has 6 N–H and O–H groups in total. The molecule has 46 heavy (non-hydrogen) atoms. The maximum Gasteiger partial charge on any atom is 0.275 e. The molecule has 9 nitrogen and oxygen atoms in total. The van der Waals surface area contributed by atoms with E-state index in [-0.39, 0.29) is 35.7 Å². The summed E-state index contributed by atoms with van der Waals surface area (Å²) in [5.41, 5.74) is 9.74. The molecule has 1 aliphatic carbocycles. The summed E-state index contributed by atoms with van der Waals surface area (Å²) in [4.78, 5) is 34.8. The maximum absolute atomic E-state index is 14.6. The van der Waals surface area contributed by atoms with E-state index in [9.17, 15) is 9.59 Å². The first-order valence-electron chi connectivity index (χ1n) is 16.4. The molecule has 1 atom stereocenters. The first-order chi connectivity index (χ1) is 21.9. The SMILES string of the molecule is CCCCCC1CCC2(CC1)N=C(c1cc(Cl)cc(Cl)c1)C(=O)N2C(CCC(C)(C)C)c1ccc(C(=O)NC/C(N)=N/NN)cc1. The molecule has 1 fully saturated rings. The van der Waals surface area contributed by atoms with Crippen LogP contribution in [0.25, 0.3) is 0 Å². The van der Waals surface area contributed by atoms with Gasteiger partial charge in [-0.15, -0.1) is 0 Å². The van der Waals surface area contributed by atoms with Gasteiger partial charge in [0.2, 0.25) is 0 Å². The maximum atomic E-state index is 14.6. The van der Waals surface area contributed by atoms with Gasteiger partial charge < -0.3 is 16.0 Å². The Morgan fingerprint density at radius 3 is 2.35 bits per heavy atom. The standard InChI is InChI=1S/C35H49Cl2N7O2/c1-5-6-7-8-23-13-17-35(18-14-23)41-31(26-19-27(36)21-28(37)20-26)33(46)44(35)29(15-16-34(2,3)4)24-9-11-25(12-10-24)32(45)40-22-30(38)42-43-39/h9-12,19-21,23,29,43H,5-8,13-18,22,39H2,1-4H3,(H2,38,42)(H,40,45). The Labute approximate surface area is 283 Å². The van der Waals surface area contributed by atoms with E-state index in [0.717, 1.165) is 44.1 Å². The predicted molar refractivity (Wildman–Crippen MR) is 188 cm³/mol. The summed E-state index contributed by atoms with van der Waals surface area (Å²) in [6.45, 7) is 8.93. The van der Waals surface area contributed by atoms with Crippen molar-refractivity contribution in [1.29, 1.82) is 0 Å². The van der Waals surface area contributed by atoms with E-state index < -0.39 is 5.66 Å². The lowest BCUT2D eigenvalue weighted by molar-refractivity contribution is -0.133. The van der Waals surface area contributed by atoms with Crippen LogP contribution in [0.15, 0.2) is 52.6 Å². The summed E-state index contributed by atoms with van der Waals surface area (Å²) >= 11 is 12.8. The molecule has 0 radical (unpaired) electrons. The van der Waals surface area contributed by atoms with Crippen molar-refractivity contribution < 1.29 is 9.59 Å². The van der Waals surface area contributed by atoms with E-state index in [1.54, 1.807) is 30.3 Å². The van der Waals surface area contributed by atoms with Gasteiger partial charge in [-0.2, -0.15) is 5.10 Å². The summed E-state index contributed by atoms with van der Waals surface area (Å²) in [6.07, 6.45) is 10.2. The molecule has 4 rings (SSSR count). The number of nitrogens with one attached hydrogen (secondary N) is 2. The number of nitrogens with zero attached hydrogens (tertiary/aromatic N) is 3. The second kappa shape index (κ2) is 15.6. The molecule has 2 amide bonds. The molecule has 11 heteroatoms. The molecule has 250 valence electrons. The van der Waals surface area contributed by atoms with Crippen molar-refractivity contribution in [3.63, 3.8) is 0 Å². The molecule has 1 unspecified atom stereocenters. The second-order valence-corrected chi connectivity index (χ2v) is 14.7. The van der Waals surface area contributed by atoms with Crippen molar-refractivity contribution in [3.8, 4) is 0 Å². The number of amidine groups is 1. The van der Waals surface area contributed by atoms with Crippen LogP contribution in [0.3, 0.4) is 0 Å². The number of hydrazone groups is 1. The van der Waals surface area contributed by atoms with Gasteiger partial charge in [0, 0.05) is 21.2 Å². The van der Waals surface area contributed by atoms with Gasteiger partial charge in [-0.1, -0.05) is 88.7 Å². The van der Waals surface area contributed by atoms with Crippen LogP contribution >= 0.6 is 23.2 Å². The molecule has 0 saturated heterocycles. The molecule has 2 aromatic rings. The van der Waals surface area contributed by atoms with Crippen molar-refractivity contribution in [3.05, 3.63) is 69.2 Å². The Balaban J connectivity index is 1.70. The number of rotatable bonds is 13. The van der Waals surface area contributed by atoms with Gasteiger partial charge in [0.05, 0.1) is 12.6 Å². The van der Waals surface area contributed by atoms with Crippen LogP contribution in [0.1, 0.15) is 119 Å². The summed E-state index contributed by atoms with van der Waals surface area (Å²) in [6, 6.07) is 12.5. The van der Waals surface area contributed by atoms with Crippen molar-refractivity contribution >= 4 is 46.6 Å². The van der Waals surface area contributed by atoms with Crippen molar-refractivity contribution in [2.24, 2.45) is 33.0 Å². The highest BCUT2D eigenvalue weighted by Crippen LogP contribution is 2.48. The molecular weight excluding hydrogens is 621 g/mol. The zero-order chi connectivity index (χ0) is 33.5. The van der Waals surface area contributed by atoms with Crippen LogP contribution < -0.4 is 22.4 Å². The van der Waals surface area contributed by atoms with Gasteiger partial charge in [0.25, 0.3) is 11.8 Å². The topological polar surface area (TPSA) is 138 Å². The van der Waals surface area contributed by atoms with Crippen LogP contribution in [-0.4, -0.2) is 40.5 Å². The smallest absolute Gasteiger partial charge is 0.275 e. The summed E-state index contributed by atoms with van der Waals surface area (Å²) < 4.78 is 0. The number of hydrogen-bond donors (Lipinski definition) is 4. The predicted octanol–water partition coefficient (Wildman–Crippen LogP) is 7.12. The lowest BCUT2D eigenvalue weighted by atomic mass is 9.77. The number of aliphatic imine (C=N–C) groups is 1. The highest BCUT2D eigenvalue weighted by Gasteiger charge is 2.52. The Kier molecular flexibility index (Phi) is 12.1. The van der Waals surface area contributed by atoms with Gasteiger partial charge in [-0.3, -0.25) is 14.6 Å². The van der Waals surface area contributed by atoms with Crippen LogP contribution in [-0.2, 0) is 4.79 Å². The van der Waals surface area contributed by atoms with E-state index >= 15 is 0 Å². The van der Waals surface area contributed by atoms with E-state index in [0.29, 0.717) is 32.8 Å². The third kappa shape index (κ3) is 9.02. The fourth-order valence-corrected chi connectivity index (χ4v) is 7.18. The third-order valence-corrected chi connectivity index (χ3v) is 9.56. The highest BCUT2D eigenvalue weighted by atomic mass is 35.5. The van der Waals surface area contributed by atoms with Crippen molar-refractivity contribution in [2.75, 3.05) is 6.54 Å². The number of carbonyl (C=O) groups is 2. The first kappa shape index (κ1) is 35.7. The second-order valence-electron chi connectivity index (χ2n) is 13.9. The van der Waals surface area contributed by atoms with E-state index in [2.05, 4.69) is 48.5 Å². The van der Waals surface area contributed by atoms with E-state index in [1.807, 2.05) is 12.1 Å². The number of halogens is 2. The molecule has 1 heterocycles. The average Bonchev–Trinajstić information content (AvgIpc) is 3.28. The summed E-state index contributed by atoms with van der Waals surface area (Å²) in [5.74, 6) is 5.57. The van der Waals surface area contributed by atoms with E-state index in [4.69, 9.17) is 39.8 Å². The number of benzene rings is 2. The fraction of sp³-hybridized carbons (Fsp3) is 0.543. The molecule has 2 aliphatic rings. The van der Waals surface area contributed by atoms with Crippen LogP contribution in [0.2, 0.25) is 10.0 Å². The van der Waals surface area contributed by atoms with E-state index in [1.165, 1.54) is 25.7 Å². The minimum Gasteiger partial charge on any atom is -0.384 e. The zero-order valence-corrected chi connectivity index (χ0v) is 29.1.